The van der Waals surface area contributed by atoms with E-state index in [0.29, 0.717) is 11.5 Å². The number of rotatable bonds is 4. The number of nitrogens with zero attached hydrogens (tertiary/aromatic N) is 1. The summed E-state index contributed by atoms with van der Waals surface area (Å²) in [5, 5.41) is 8.77. The van der Waals surface area contributed by atoms with E-state index in [9.17, 15) is 4.39 Å². The molecule has 2 fully saturated rings. The first-order valence-electron chi connectivity index (χ1n) is 11.1. The number of nitriles is 1. The Kier molecular flexibility index (Phi) is 7.73. The first kappa shape index (κ1) is 20.7. The van der Waals surface area contributed by atoms with E-state index in [1.807, 2.05) is 12.1 Å². The Morgan fingerprint density at radius 3 is 2.32 bits per heavy atom. The van der Waals surface area contributed by atoms with Gasteiger partial charge in [-0.3, -0.25) is 0 Å². The van der Waals surface area contributed by atoms with Gasteiger partial charge in [-0.25, -0.2) is 4.39 Å². The monoisotopic (exact) mass is 377 g/mol. The Hall–Kier alpha value is -2.06. The maximum atomic E-state index is 13.6. The highest BCUT2D eigenvalue weighted by Gasteiger charge is 2.29. The molecule has 2 saturated carbocycles. The second-order valence-corrected chi connectivity index (χ2v) is 8.68. The summed E-state index contributed by atoms with van der Waals surface area (Å²) in [6.45, 7) is 2.31. The van der Waals surface area contributed by atoms with Crippen molar-refractivity contribution in [3.05, 3.63) is 47.3 Å². The van der Waals surface area contributed by atoms with E-state index in [1.165, 1.54) is 76.3 Å². The molecule has 0 spiro atoms. The van der Waals surface area contributed by atoms with Gasteiger partial charge in [0.25, 0.3) is 0 Å². The van der Waals surface area contributed by atoms with Gasteiger partial charge < -0.3 is 0 Å². The number of benzene rings is 1. The lowest BCUT2D eigenvalue weighted by molar-refractivity contribution is 0.152. The summed E-state index contributed by atoms with van der Waals surface area (Å²) < 4.78 is 13.6. The molecule has 0 heterocycles. The highest BCUT2D eigenvalue weighted by molar-refractivity contribution is 5.42. The van der Waals surface area contributed by atoms with Gasteiger partial charge in [0.05, 0.1) is 5.56 Å². The molecule has 28 heavy (non-hydrogen) atoms. The smallest absolute Gasteiger partial charge is 0.142 e. The Morgan fingerprint density at radius 2 is 1.71 bits per heavy atom. The third-order valence-electron chi connectivity index (χ3n) is 6.83. The van der Waals surface area contributed by atoms with Crippen LogP contribution in [0.5, 0.6) is 0 Å². The summed E-state index contributed by atoms with van der Waals surface area (Å²) >= 11 is 0. The molecule has 148 valence electrons. The molecule has 2 aliphatic rings. The molecular weight excluding hydrogens is 345 g/mol. The summed E-state index contributed by atoms with van der Waals surface area (Å²) in [5.74, 6) is 9.05. The number of hydrogen-bond acceptors (Lipinski definition) is 1. The minimum Gasteiger partial charge on any atom is -0.206 e. The van der Waals surface area contributed by atoms with E-state index in [1.54, 1.807) is 6.07 Å². The molecular formula is C26H32FN. The fourth-order valence-corrected chi connectivity index (χ4v) is 5.16. The van der Waals surface area contributed by atoms with Crippen LogP contribution in [0.1, 0.15) is 82.3 Å². The fourth-order valence-electron chi connectivity index (χ4n) is 5.16. The van der Waals surface area contributed by atoms with E-state index in [-0.39, 0.29) is 5.56 Å². The molecule has 0 saturated heterocycles. The molecule has 0 aromatic heterocycles. The highest BCUT2D eigenvalue weighted by Crippen LogP contribution is 2.42. The van der Waals surface area contributed by atoms with Crippen LogP contribution in [0.15, 0.2) is 30.4 Å². The summed E-state index contributed by atoms with van der Waals surface area (Å²) in [6, 6.07) is 6.35. The molecule has 3 rings (SSSR count). The molecule has 1 aromatic rings. The van der Waals surface area contributed by atoms with Crippen molar-refractivity contribution in [2.24, 2.45) is 23.7 Å². The van der Waals surface area contributed by atoms with Gasteiger partial charge in [-0.2, -0.15) is 5.26 Å². The zero-order valence-electron chi connectivity index (χ0n) is 17.1. The first-order chi connectivity index (χ1) is 13.7. The summed E-state index contributed by atoms with van der Waals surface area (Å²) in [7, 11) is 0. The van der Waals surface area contributed by atoms with Crippen molar-refractivity contribution in [3.8, 4) is 17.9 Å². The van der Waals surface area contributed by atoms with Crippen LogP contribution in [0.25, 0.3) is 0 Å². The molecule has 0 radical (unpaired) electrons. The number of allylic oxidation sites excluding steroid dienone is 2. The largest absolute Gasteiger partial charge is 0.206 e. The van der Waals surface area contributed by atoms with E-state index in [2.05, 4.69) is 24.8 Å². The van der Waals surface area contributed by atoms with Gasteiger partial charge in [-0.15, -0.1) is 0 Å². The van der Waals surface area contributed by atoms with Crippen LogP contribution >= 0.6 is 0 Å². The maximum Gasteiger partial charge on any atom is 0.142 e. The van der Waals surface area contributed by atoms with E-state index in [4.69, 9.17) is 5.26 Å². The molecule has 0 amide bonds. The molecule has 0 atom stereocenters. The minimum absolute atomic E-state index is 0.0664. The Bertz CT molecular complexity index is 760. The van der Waals surface area contributed by atoms with E-state index < -0.39 is 5.82 Å². The van der Waals surface area contributed by atoms with Crippen molar-refractivity contribution >= 4 is 0 Å². The molecule has 2 aliphatic carbocycles. The lowest BCUT2D eigenvalue weighted by Crippen LogP contribution is -2.25. The molecule has 1 nitrogen and oxygen atoms in total. The molecule has 0 N–H and O–H groups in total. The lowest BCUT2D eigenvalue weighted by atomic mass is 9.69. The Balaban J connectivity index is 1.42. The van der Waals surface area contributed by atoms with Crippen molar-refractivity contribution in [2.45, 2.75) is 71.1 Å². The summed E-state index contributed by atoms with van der Waals surface area (Å²) in [5.41, 5.74) is 0.681. The van der Waals surface area contributed by atoms with Crippen molar-refractivity contribution in [3.63, 3.8) is 0 Å². The summed E-state index contributed by atoms with van der Waals surface area (Å²) in [6.07, 6.45) is 18.1. The third-order valence-corrected chi connectivity index (χ3v) is 6.83. The molecule has 0 bridgehead atoms. The second-order valence-electron chi connectivity index (χ2n) is 8.68. The standard InChI is InChI=1S/C26H32FN/c1-2-5-20-8-13-23(14-9-20)24-15-10-21(11-16-24)6-3-4-7-22-12-17-25(19-28)26(27)18-22/h3,6,12,17-18,20-21,23-24H,2,5,8-11,13-16H2,1H3. The van der Waals surface area contributed by atoms with Crippen LogP contribution in [0.3, 0.4) is 0 Å². The van der Waals surface area contributed by atoms with Gasteiger partial charge in [0.15, 0.2) is 0 Å². The van der Waals surface area contributed by atoms with Gasteiger partial charge in [0.1, 0.15) is 11.9 Å². The van der Waals surface area contributed by atoms with Gasteiger partial charge >= 0.3 is 0 Å². The molecule has 0 aliphatic heterocycles. The van der Waals surface area contributed by atoms with Crippen molar-refractivity contribution in [2.75, 3.05) is 0 Å². The van der Waals surface area contributed by atoms with Crippen molar-refractivity contribution in [1.29, 1.82) is 5.26 Å². The van der Waals surface area contributed by atoms with E-state index in [0.717, 1.165) is 17.8 Å². The molecule has 2 heteroatoms. The quantitative estimate of drug-likeness (QED) is 0.517. The van der Waals surface area contributed by atoms with Gasteiger partial charge in [-0.05, 0) is 86.5 Å². The minimum atomic E-state index is -0.500. The van der Waals surface area contributed by atoms with E-state index >= 15 is 0 Å². The molecule has 1 aromatic carbocycles. The topological polar surface area (TPSA) is 23.8 Å². The average molecular weight is 378 g/mol. The highest BCUT2D eigenvalue weighted by atomic mass is 19.1. The van der Waals surface area contributed by atoms with Crippen LogP contribution in [0.4, 0.5) is 4.39 Å². The first-order valence-corrected chi connectivity index (χ1v) is 11.1. The van der Waals surface area contributed by atoms with Crippen LogP contribution in [-0.4, -0.2) is 0 Å². The average Bonchev–Trinajstić information content (AvgIpc) is 2.73. The van der Waals surface area contributed by atoms with Crippen LogP contribution < -0.4 is 0 Å². The number of halogens is 1. The van der Waals surface area contributed by atoms with Crippen LogP contribution in [0.2, 0.25) is 0 Å². The summed E-state index contributed by atoms with van der Waals surface area (Å²) in [4.78, 5) is 0. The predicted molar refractivity (Wildman–Crippen MR) is 113 cm³/mol. The Morgan fingerprint density at radius 1 is 1.04 bits per heavy atom. The maximum absolute atomic E-state index is 13.6. The van der Waals surface area contributed by atoms with Gasteiger partial charge in [0, 0.05) is 5.56 Å². The normalized spacial score (nSPS) is 27.8. The zero-order chi connectivity index (χ0) is 19.8. The predicted octanol–water partition coefficient (Wildman–Crippen LogP) is 7.02. The van der Waals surface area contributed by atoms with Crippen LogP contribution in [0, 0.1) is 52.7 Å². The third kappa shape index (κ3) is 5.72. The van der Waals surface area contributed by atoms with Crippen molar-refractivity contribution < 1.29 is 4.39 Å². The van der Waals surface area contributed by atoms with Gasteiger partial charge in [0.2, 0.25) is 0 Å². The van der Waals surface area contributed by atoms with Gasteiger partial charge in [-0.1, -0.05) is 50.5 Å². The Labute approximate surface area is 170 Å². The SMILES string of the molecule is CCCC1CCC(C2CCC(C=CC#Cc3ccc(C#N)c(F)c3)CC2)CC1. The molecule has 0 unspecified atom stereocenters. The fraction of sp³-hybridized carbons (Fsp3) is 0.577. The zero-order valence-corrected chi connectivity index (χ0v) is 17.1. The lowest BCUT2D eigenvalue weighted by Gasteiger charge is -2.37. The van der Waals surface area contributed by atoms with Crippen molar-refractivity contribution in [1.82, 2.24) is 0 Å². The number of hydrogen-bond donors (Lipinski definition) is 0. The van der Waals surface area contributed by atoms with Crippen LogP contribution in [-0.2, 0) is 0 Å². The second kappa shape index (κ2) is 10.5.